The van der Waals surface area contributed by atoms with Crippen LogP contribution < -0.4 is 15.1 Å². The zero-order valence-corrected chi connectivity index (χ0v) is 13.7. The van der Waals surface area contributed by atoms with Gasteiger partial charge in [-0.3, -0.25) is 19.8 Å². The van der Waals surface area contributed by atoms with E-state index in [2.05, 4.69) is 4.98 Å². The van der Waals surface area contributed by atoms with Crippen LogP contribution in [0.2, 0.25) is 0 Å². The first-order valence-corrected chi connectivity index (χ1v) is 8.01. The van der Waals surface area contributed by atoms with Crippen molar-refractivity contribution in [3.8, 4) is 5.75 Å². The van der Waals surface area contributed by atoms with E-state index < -0.39 is 5.91 Å². The molecule has 0 aliphatic carbocycles. The number of rotatable bonds is 3. The minimum absolute atomic E-state index is 0.0651. The van der Waals surface area contributed by atoms with Crippen molar-refractivity contribution in [2.45, 2.75) is 6.54 Å². The number of carbonyl (C=O) groups excluding carboxylic acids is 2. The van der Waals surface area contributed by atoms with E-state index in [9.17, 15) is 9.59 Å². The normalized spacial score (nSPS) is 13.3. The number of hydrogen-bond acceptors (Lipinski definition) is 5. The number of aromatic nitrogens is 1. The topological polar surface area (TPSA) is 91.8 Å². The molecule has 0 spiro atoms. The molecule has 2 aromatic carbocycles. The van der Waals surface area contributed by atoms with Gasteiger partial charge in [0.1, 0.15) is 5.75 Å². The van der Waals surface area contributed by atoms with E-state index in [0.29, 0.717) is 18.0 Å². The van der Waals surface area contributed by atoms with E-state index >= 15 is 0 Å². The molecular formula is C19H15N3O4. The average Bonchev–Trinajstić information content (AvgIpc) is 2.69. The van der Waals surface area contributed by atoms with Gasteiger partial charge in [0, 0.05) is 17.1 Å². The summed E-state index contributed by atoms with van der Waals surface area (Å²) in [5, 5.41) is 9.85. The number of pyridine rings is 1. The van der Waals surface area contributed by atoms with Crippen LogP contribution >= 0.6 is 0 Å². The molecule has 4 rings (SSSR count). The Bertz CT molecular complexity index is 1020. The number of ether oxygens (including phenoxy) is 1. The monoisotopic (exact) mass is 349 g/mol. The first-order chi connectivity index (χ1) is 12.7. The molecule has 3 aromatic rings. The van der Waals surface area contributed by atoms with Gasteiger partial charge < -0.3 is 9.64 Å². The van der Waals surface area contributed by atoms with Gasteiger partial charge in [0.2, 0.25) is 0 Å². The number of hydroxylamine groups is 1. The lowest BCUT2D eigenvalue weighted by Gasteiger charge is -2.29. The van der Waals surface area contributed by atoms with Crippen LogP contribution in [0.15, 0.2) is 54.7 Å². The Hall–Kier alpha value is -3.45. The summed E-state index contributed by atoms with van der Waals surface area (Å²) in [7, 11) is 0. The highest BCUT2D eigenvalue weighted by atomic mass is 16.5. The average molecular weight is 349 g/mol. The molecule has 0 radical (unpaired) electrons. The van der Waals surface area contributed by atoms with Gasteiger partial charge in [-0.2, -0.15) is 0 Å². The first kappa shape index (κ1) is 16.0. The predicted octanol–water partition coefficient (Wildman–Crippen LogP) is 2.28. The van der Waals surface area contributed by atoms with E-state index in [-0.39, 0.29) is 18.1 Å². The van der Waals surface area contributed by atoms with Crippen LogP contribution in [-0.2, 0) is 11.3 Å². The van der Waals surface area contributed by atoms with Gasteiger partial charge in [-0.15, -0.1) is 0 Å². The minimum atomic E-state index is -0.652. The van der Waals surface area contributed by atoms with E-state index in [1.807, 2.05) is 30.3 Å². The molecule has 0 atom stereocenters. The number of amides is 2. The lowest BCUT2D eigenvalue weighted by atomic mass is 10.1. The molecule has 1 aromatic heterocycles. The van der Waals surface area contributed by atoms with Gasteiger partial charge in [0.05, 0.1) is 17.7 Å². The zero-order chi connectivity index (χ0) is 18.1. The van der Waals surface area contributed by atoms with Crippen molar-refractivity contribution >= 4 is 28.4 Å². The lowest BCUT2D eigenvalue weighted by Crippen LogP contribution is -2.38. The highest BCUT2D eigenvalue weighted by molar-refractivity contribution is 6.01. The van der Waals surface area contributed by atoms with Crippen LogP contribution in [0, 0.1) is 0 Å². The fraction of sp³-hybridized carbons (Fsp3) is 0.105. The Kier molecular flexibility index (Phi) is 3.98. The fourth-order valence-corrected chi connectivity index (χ4v) is 2.97. The highest BCUT2D eigenvalue weighted by Crippen LogP contribution is 2.34. The molecule has 0 bridgehead atoms. The van der Waals surface area contributed by atoms with Crippen LogP contribution in [0.25, 0.3) is 10.9 Å². The molecule has 7 heteroatoms. The Labute approximate surface area is 148 Å². The molecule has 2 heterocycles. The summed E-state index contributed by atoms with van der Waals surface area (Å²) in [4.78, 5) is 30.0. The smallest absolute Gasteiger partial charge is 0.274 e. The van der Waals surface area contributed by atoms with Crippen molar-refractivity contribution in [1.82, 2.24) is 10.5 Å². The summed E-state index contributed by atoms with van der Waals surface area (Å²) >= 11 is 0. The third-order valence-electron chi connectivity index (χ3n) is 4.28. The van der Waals surface area contributed by atoms with Gasteiger partial charge in [0.15, 0.2) is 6.61 Å². The second-order valence-corrected chi connectivity index (χ2v) is 5.92. The molecule has 0 saturated carbocycles. The number of carbonyl (C=O) groups is 2. The minimum Gasteiger partial charge on any atom is -0.482 e. The number of hydrogen-bond donors (Lipinski definition) is 2. The Morgan fingerprint density at radius 3 is 2.96 bits per heavy atom. The van der Waals surface area contributed by atoms with Gasteiger partial charge in [-0.25, -0.2) is 5.48 Å². The molecule has 1 aliphatic rings. The molecule has 2 N–H and O–H groups in total. The van der Waals surface area contributed by atoms with Crippen molar-refractivity contribution in [1.29, 1.82) is 0 Å². The first-order valence-electron chi connectivity index (χ1n) is 8.01. The van der Waals surface area contributed by atoms with E-state index in [0.717, 1.165) is 16.5 Å². The second kappa shape index (κ2) is 6.45. The lowest BCUT2D eigenvalue weighted by molar-refractivity contribution is -0.121. The maximum atomic E-state index is 12.4. The van der Waals surface area contributed by atoms with Gasteiger partial charge in [-0.1, -0.05) is 18.2 Å². The Balaban J connectivity index is 1.71. The van der Waals surface area contributed by atoms with Crippen molar-refractivity contribution in [3.63, 3.8) is 0 Å². The zero-order valence-electron chi connectivity index (χ0n) is 13.7. The van der Waals surface area contributed by atoms with Gasteiger partial charge in [0.25, 0.3) is 11.8 Å². The summed E-state index contributed by atoms with van der Waals surface area (Å²) in [5.41, 5.74) is 4.07. The summed E-state index contributed by atoms with van der Waals surface area (Å²) < 4.78 is 5.44. The third-order valence-corrected chi connectivity index (χ3v) is 4.28. The summed E-state index contributed by atoms with van der Waals surface area (Å²) in [6.07, 6.45) is 1.72. The maximum Gasteiger partial charge on any atom is 0.274 e. The largest absolute Gasteiger partial charge is 0.482 e. The second-order valence-electron chi connectivity index (χ2n) is 5.92. The van der Waals surface area contributed by atoms with Crippen LogP contribution in [0.5, 0.6) is 5.75 Å². The van der Waals surface area contributed by atoms with Gasteiger partial charge in [-0.05, 0) is 35.9 Å². The quantitative estimate of drug-likeness (QED) is 0.559. The van der Waals surface area contributed by atoms with Crippen molar-refractivity contribution in [2.24, 2.45) is 0 Å². The molecule has 0 saturated heterocycles. The molecule has 7 nitrogen and oxygen atoms in total. The molecular weight excluding hydrogens is 334 g/mol. The SMILES string of the molecule is O=C(NO)c1ccc2c(c1)N(Cc1ccc3cccnc3c1)C(=O)CO2. The van der Waals surface area contributed by atoms with Crippen LogP contribution in [0.4, 0.5) is 5.69 Å². The number of anilines is 1. The van der Waals surface area contributed by atoms with Gasteiger partial charge >= 0.3 is 0 Å². The molecule has 2 amide bonds. The van der Waals surface area contributed by atoms with Crippen molar-refractivity contribution in [3.05, 3.63) is 65.9 Å². The maximum absolute atomic E-state index is 12.4. The molecule has 130 valence electrons. The summed E-state index contributed by atoms with van der Waals surface area (Å²) in [6, 6.07) is 14.3. The predicted molar refractivity (Wildman–Crippen MR) is 94.1 cm³/mol. The molecule has 1 aliphatic heterocycles. The molecule has 26 heavy (non-hydrogen) atoms. The summed E-state index contributed by atoms with van der Waals surface area (Å²) in [6.45, 7) is 0.260. The van der Waals surface area contributed by atoms with E-state index in [4.69, 9.17) is 9.94 Å². The van der Waals surface area contributed by atoms with Crippen molar-refractivity contribution < 1.29 is 19.5 Å². The highest BCUT2D eigenvalue weighted by Gasteiger charge is 2.26. The van der Waals surface area contributed by atoms with E-state index in [1.165, 1.54) is 12.1 Å². The number of benzene rings is 2. The third kappa shape index (κ3) is 2.84. The molecule has 0 fully saturated rings. The summed E-state index contributed by atoms with van der Waals surface area (Å²) in [5.74, 6) is -0.348. The van der Waals surface area contributed by atoms with Crippen LogP contribution in [-0.4, -0.2) is 28.6 Å². The standard InChI is InChI=1S/C19H15N3O4/c23-18-11-26-17-6-5-14(19(24)21-25)9-16(17)22(18)10-12-3-4-13-2-1-7-20-15(13)8-12/h1-9,25H,10-11H2,(H,21,24). The van der Waals surface area contributed by atoms with E-state index in [1.54, 1.807) is 22.6 Å². The number of nitrogens with zero attached hydrogens (tertiary/aromatic N) is 2. The molecule has 0 unspecified atom stereocenters. The van der Waals surface area contributed by atoms with Crippen LogP contribution in [0.1, 0.15) is 15.9 Å². The number of nitrogens with one attached hydrogen (secondary N) is 1. The number of fused-ring (bicyclic) bond motifs is 2. The van der Waals surface area contributed by atoms with Crippen molar-refractivity contribution in [2.75, 3.05) is 11.5 Å². The Morgan fingerprint density at radius 1 is 1.23 bits per heavy atom. The van der Waals surface area contributed by atoms with Crippen LogP contribution in [0.3, 0.4) is 0 Å². The fourth-order valence-electron chi connectivity index (χ4n) is 2.97. The Morgan fingerprint density at radius 2 is 2.12 bits per heavy atom.